The molecule has 7 nitrogen and oxygen atoms in total. The highest BCUT2D eigenvalue weighted by molar-refractivity contribution is 5.89. The van der Waals surface area contributed by atoms with Crippen LogP contribution >= 0.6 is 0 Å². The predicted octanol–water partition coefficient (Wildman–Crippen LogP) is -0.269. The van der Waals surface area contributed by atoms with E-state index in [4.69, 9.17) is 15.9 Å². The summed E-state index contributed by atoms with van der Waals surface area (Å²) in [6.45, 7) is 0. The van der Waals surface area contributed by atoms with Crippen LogP contribution < -0.4 is 11.1 Å². The van der Waals surface area contributed by atoms with Crippen molar-refractivity contribution in [3.63, 3.8) is 0 Å². The van der Waals surface area contributed by atoms with Gasteiger partial charge in [0.15, 0.2) is 0 Å². The lowest BCUT2D eigenvalue weighted by Crippen LogP contribution is -2.45. The molecule has 1 amide bonds. The zero-order valence-electron chi connectivity index (χ0n) is 9.95. The summed E-state index contributed by atoms with van der Waals surface area (Å²) in [5.74, 6) is -3.48. The van der Waals surface area contributed by atoms with E-state index in [1.54, 1.807) is 30.3 Å². The molecule has 102 valence electrons. The molecule has 0 aliphatic rings. The number of carboxylic acid groups (broad SMARTS) is 2. The quantitative estimate of drug-likeness (QED) is 0.560. The van der Waals surface area contributed by atoms with Gasteiger partial charge in [0, 0.05) is 0 Å². The lowest BCUT2D eigenvalue weighted by Gasteiger charge is -2.16. The topological polar surface area (TPSA) is 130 Å². The van der Waals surface area contributed by atoms with Gasteiger partial charge in [0.1, 0.15) is 12.1 Å². The largest absolute Gasteiger partial charge is 0.481 e. The van der Waals surface area contributed by atoms with Crippen molar-refractivity contribution in [3.8, 4) is 0 Å². The first-order valence-corrected chi connectivity index (χ1v) is 5.47. The third-order valence-electron chi connectivity index (χ3n) is 2.43. The van der Waals surface area contributed by atoms with Gasteiger partial charge < -0.3 is 21.3 Å². The molecule has 5 N–H and O–H groups in total. The molecule has 0 saturated carbocycles. The van der Waals surface area contributed by atoms with Crippen molar-refractivity contribution in [2.45, 2.75) is 18.5 Å². The number of carbonyl (C=O) groups is 3. The minimum absolute atomic E-state index is 0.513. The number of amides is 1. The molecule has 0 radical (unpaired) electrons. The second-order valence-electron chi connectivity index (χ2n) is 3.89. The van der Waals surface area contributed by atoms with Gasteiger partial charge in [-0.2, -0.15) is 0 Å². The van der Waals surface area contributed by atoms with Crippen molar-refractivity contribution >= 4 is 17.8 Å². The first kappa shape index (κ1) is 14.7. The summed E-state index contributed by atoms with van der Waals surface area (Å²) in [6.07, 6.45) is -0.706. The molecule has 0 heterocycles. The molecule has 0 fully saturated rings. The van der Waals surface area contributed by atoms with Crippen molar-refractivity contribution in [2.24, 2.45) is 5.73 Å². The smallest absolute Gasteiger partial charge is 0.326 e. The third kappa shape index (κ3) is 4.40. The number of benzene rings is 1. The summed E-state index contributed by atoms with van der Waals surface area (Å²) in [6, 6.07) is 5.83. The maximum Gasteiger partial charge on any atom is 0.326 e. The van der Waals surface area contributed by atoms with Crippen LogP contribution in [0.5, 0.6) is 0 Å². The van der Waals surface area contributed by atoms with E-state index in [1.807, 2.05) is 0 Å². The average Bonchev–Trinajstić information content (AvgIpc) is 2.37. The lowest BCUT2D eigenvalue weighted by molar-refractivity contribution is -0.147. The van der Waals surface area contributed by atoms with Gasteiger partial charge in [0.2, 0.25) is 5.91 Å². The van der Waals surface area contributed by atoms with Crippen LogP contribution in [0.25, 0.3) is 0 Å². The molecule has 1 rings (SSSR count). The first-order chi connectivity index (χ1) is 8.91. The maximum atomic E-state index is 11.7. The number of carboxylic acids is 2. The Balaban J connectivity index is 2.72. The van der Waals surface area contributed by atoms with E-state index in [0.717, 1.165) is 0 Å². The highest BCUT2D eigenvalue weighted by Crippen LogP contribution is 2.10. The Hall–Kier alpha value is -2.41. The summed E-state index contributed by atoms with van der Waals surface area (Å²) in [4.78, 5) is 33.0. The summed E-state index contributed by atoms with van der Waals surface area (Å²) in [7, 11) is 0. The molecule has 0 saturated heterocycles. The standard InChI is InChI=1S/C12H14N2O5/c13-10(7-4-2-1-3-5-7)11(17)14-8(12(18)19)6-9(15)16/h1-5,8,10H,6,13H2,(H,14,17)(H,15,16)(H,18,19)/t8?,10-/m1/s1. The van der Waals surface area contributed by atoms with Gasteiger partial charge in [-0.3, -0.25) is 9.59 Å². The Morgan fingerprint density at radius 1 is 1.16 bits per heavy atom. The molecule has 1 aromatic carbocycles. The summed E-state index contributed by atoms with van der Waals surface area (Å²) in [5.41, 5.74) is 6.18. The van der Waals surface area contributed by atoms with Gasteiger partial charge in [-0.1, -0.05) is 30.3 Å². The predicted molar refractivity (Wildman–Crippen MR) is 65.2 cm³/mol. The van der Waals surface area contributed by atoms with Crippen LogP contribution in [-0.4, -0.2) is 34.1 Å². The van der Waals surface area contributed by atoms with E-state index in [1.165, 1.54) is 0 Å². The van der Waals surface area contributed by atoms with Crippen LogP contribution in [-0.2, 0) is 14.4 Å². The zero-order valence-corrected chi connectivity index (χ0v) is 9.95. The second-order valence-corrected chi connectivity index (χ2v) is 3.89. The van der Waals surface area contributed by atoms with Gasteiger partial charge in [-0.05, 0) is 5.56 Å². The summed E-state index contributed by atoms with van der Waals surface area (Å²) >= 11 is 0. The zero-order chi connectivity index (χ0) is 14.4. The molecule has 1 aromatic rings. The third-order valence-corrected chi connectivity index (χ3v) is 2.43. The summed E-state index contributed by atoms with van der Waals surface area (Å²) < 4.78 is 0. The van der Waals surface area contributed by atoms with Gasteiger partial charge >= 0.3 is 11.9 Å². The van der Waals surface area contributed by atoms with E-state index in [9.17, 15) is 14.4 Å². The van der Waals surface area contributed by atoms with E-state index in [-0.39, 0.29) is 0 Å². The molecule has 0 aliphatic heterocycles. The van der Waals surface area contributed by atoms with Crippen LogP contribution in [0.1, 0.15) is 18.0 Å². The maximum absolute atomic E-state index is 11.7. The van der Waals surface area contributed by atoms with Crippen LogP contribution in [0.2, 0.25) is 0 Å². The van der Waals surface area contributed by atoms with Gasteiger partial charge in [-0.25, -0.2) is 4.79 Å². The lowest BCUT2D eigenvalue weighted by atomic mass is 10.1. The Kier molecular flexibility index (Phi) is 5.01. The minimum atomic E-state index is -1.50. The molecule has 0 aromatic heterocycles. The Morgan fingerprint density at radius 2 is 1.74 bits per heavy atom. The number of rotatable bonds is 6. The van der Waals surface area contributed by atoms with Gasteiger partial charge in [-0.15, -0.1) is 0 Å². The highest BCUT2D eigenvalue weighted by atomic mass is 16.4. The fraction of sp³-hybridized carbons (Fsp3) is 0.250. The van der Waals surface area contributed by atoms with Crippen molar-refractivity contribution in [2.75, 3.05) is 0 Å². The number of nitrogens with one attached hydrogen (secondary N) is 1. The summed E-state index contributed by atoms with van der Waals surface area (Å²) in [5, 5.41) is 19.5. The Morgan fingerprint density at radius 3 is 2.21 bits per heavy atom. The van der Waals surface area contributed by atoms with Crippen LogP contribution in [0.15, 0.2) is 30.3 Å². The molecular formula is C12H14N2O5. The number of hydrogen-bond donors (Lipinski definition) is 4. The molecule has 0 spiro atoms. The molecule has 2 atom stereocenters. The Bertz CT molecular complexity index is 474. The minimum Gasteiger partial charge on any atom is -0.481 e. The van der Waals surface area contributed by atoms with E-state index in [2.05, 4.69) is 5.32 Å². The van der Waals surface area contributed by atoms with Crippen molar-refractivity contribution in [1.82, 2.24) is 5.32 Å². The molecular weight excluding hydrogens is 252 g/mol. The van der Waals surface area contributed by atoms with E-state index in [0.29, 0.717) is 5.56 Å². The van der Waals surface area contributed by atoms with E-state index < -0.39 is 36.4 Å². The van der Waals surface area contributed by atoms with Gasteiger partial charge in [0.05, 0.1) is 6.42 Å². The van der Waals surface area contributed by atoms with Crippen molar-refractivity contribution in [3.05, 3.63) is 35.9 Å². The number of nitrogens with two attached hydrogens (primary N) is 1. The van der Waals surface area contributed by atoms with E-state index >= 15 is 0 Å². The van der Waals surface area contributed by atoms with Crippen LogP contribution in [0.3, 0.4) is 0 Å². The first-order valence-electron chi connectivity index (χ1n) is 5.47. The van der Waals surface area contributed by atoms with Crippen LogP contribution in [0.4, 0.5) is 0 Å². The van der Waals surface area contributed by atoms with Crippen molar-refractivity contribution < 1.29 is 24.6 Å². The molecule has 1 unspecified atom stereocenters. The molecule has 19 heavy (non-hydrogen) atoms. The SMILES string of the molecule is N[C@@H](C(=O)NC(CC(=O)O)C(=O)O)c1ccccc1. The normalized spacial score (nSPS) is 13.3. The number of hydrogen-bond acceptors (Lipinski definition) is 4. The second kappa shape index (κ2) is 6.50. The van der Waals surface area contributed by atoms with Gasteiger partial charge in [0.25, 0.3) is 0 Å². The van der Waals surface area contributed by atoms with Crippen molar-refractivity contribution in [1.29, 1.82) is 0 Å². The highest BCUT2D eigenvalue weighted by Gasteiger charge is 2.26. The van der Waals surface area contributed by atoms with Crippen LogP contribution in [0, 0.1) is 0 Å². The molecule has 7 heteroatoms. The number of carbonyl (C=O) groups excluding carboxylic acids is 1. The fourth-order valence-electron chi connectivity index (χ4n) is 1.45. The number of aliphatic carboxylic acids is 2. The molecule has 0 bridgehead atoms. The molecule has 0 aliphatic carbocycles. The fourth-order valence-corrected chi connectivity index (χ4v) is 1.45. The monoisotopic (exact) mass is 266 g/mol. The average molecular weight is 266 g/mol. The Labute approximate surface area is 109 Å².